The molecule has 0 saturated carbocycles. The molecule has 0 spiro atoms. The quantitative estimate of drug-likeness (QED) is 0.671. The molecule has 0 radical (unpaired) electrons. The maximum atomic E-state index is 13.0. The molecule has 0 saturated heterocycles. The van der Waals surface area contributed by atoms with Crippen LogP contribution in [-0.2, 0) is 0 Å². The van der Waals surface area contributed by atoms with Gasteiger partial charge in [0.05, 0.1) is 17.3 Å². The zero-order chi connectivity index (χ0) is 20.4. The molecule has 7 heteroatoms. The van der Waals surface area contributed by atoms with Crippen LogP contribution >= 0.6 is 11.6 Å². The van der Waals surface area contributed by atoms with E-state index in [2.05, 4.69) is 10.3 Å². The number of amides is 1. The molecule has 0 bridgehead atoms. The molecule has 0 fully saturated rings. The minimum atomic E-state index is -0.985. The first-order chi connectivity index (χ1) is 13.3. The maximum Gasteiger partial charge on any atom is 0.335 e. The fraction of sp³-hybridized carbons (Fsp3) is 0.190. The van der Waals surface area contributed by atoms with Crippen molar-refractivity contribution in [2.75, 3.05) is 0 Å². The van der Waals surface area contributed by atoms with Crippen molar-refractivity contribution in [2.24, 2.45) is 0 Å². The molecule has 1 atom stereocenters. The average Bonchev–Trinajstić information content (AvgIpc) is 2.96. The first-order valence-corrected chi connectivity index (χ1v) is 9.11. The zero-order valence-corrected chi connectivity index (χ0v) is 16.5. The number of aryl methyl sites for hydroxylation is 2. The van der Waals surface area contributed by atoms with E-state index in [-0.39, 0.29) is 17.5 Å². The van der Waals surface area contributed by atoms with E-state index in [9.17, 15) is 9.59 Å². The lowest BCUT2D eigenvalue weighted by Gasteiger charge is -2.16. The summed E-state index contributed by atoms with van der Waals surface area (Å²) in [6.45, 7) is 5.48. The monoisotopic (exact) mass is 397 g/mol. The smallest absolute Gasteiger partial charge is 0.335 e. The first kappa shape index (κ1) is 19.6. The van der Waals surface area contributed by atoms with Crippen molar-refractivity contribution in [2.45, 2.75) is 26.8 Å². The van der Waals surface area contributed by atoms with Gasteiger partial charge in [0.2, 0.25) is 0 Å². The molecule has 28 heavy (non-hydrogen) atoms. The van der Waals surface area contributed by atoms with Gasteiger partial charge >= 0.3 is 5.97 Å². The summed E-state index contributed by atoms with van der Waals surface area (Å²) in [4.78, 5) is 28.4. The van der Waals surface area contributed by atoms with Gasteiger partial charge in [-0.2, -0.15) is 0 Å². The third-order valence-corrected chi connectivity index (χ3v) is 4.78. The second-order valence-corrected chi connectivity index (χ2v) is 6.96. The van der Waals surface area contributed by atoms with E-state index in [1.165, 1.54) is 12.1 Å². The van der Waals surface area contributed by atoms with Crippen LogP contribution in [0.5, 0.6) is 0 Å². The normalized spacial score (nSPS) is 11.9. The Morgan fingerprint density at radius 2 is 1.68 bits per heavy atom. The summed E-state index contributed by atoms with van der Waals surface area (Å²) in [5, 5.41) is 12.6. The van der Waals surface area contributed by atoms with Gasteiger partial charge in [0.1, 0.15) is 11.5 Å². The van der Waals surface area contributed by atoms with Gasteiger partial charge in [-0.05, 0) is 62.7 Å². The highest BCUT2D eigenvalue weighted by molar-refractivity contribution is 6.30. The predicted octanol–water partition coefficient (Wildman–Crippen LogP) is 4.33. The van der Waals surface area contributed by atoms with Gasteiger partial charge in [0, 0.05) is 10.7 Å². The highest BCUT2D eigenvalue weighted by atomic mass is 35.5. The van der Waals surface area contributed by atoms with Crippen LogP contribution in [0.2, 0.25) is 5.02 Å². The molecule has 0 unspecified atom stereocenters. The molecule has 2 N–H and O–H groups in total. The van der Waals surface area contributed by atoms with Gasteiger partial charge in [-0.1, -0.05) is 23.7 Å². The number of nitrogens with one attached hydrogen (secondary N) is 1. The Morgan fingerprint density at radius 3 is 2.25 bits per heavy atom. The number of carboxylic acid groups (broad SMARTS) is 1. The molecule has 1 aromatic heterocycles. The number of carbonyl (C=O) groups excluding carboxylic acids is 1. The molecule has 3 rings (SSSR count). The molecular formula is C21H20ClN3O3. The molecular weight excluding hydrogens is 378 g/mol. The molecule has 0 aliphatic heterocycles. The van der Waals surface area contributed by atoms with Crippen molar-refractivity contribution in [1.29, 1.82) is 0 Å². The minimum absolute atomic E-state index is 0.203. The van der Waals surface area contributed by atoms with E-state index in [4.69, 9.17) is 16.7 Å². The van der Waals surface area contributed by atoms with Crippen LogP contribution in [0.4, 0.5) is 0 Å². The fourth-order valence-corrected chi connectivity index (χ4v) is 3.23. The van der Waals surface area contributed by atoms with Gasteiger partial charge in [-0.25, -0.2) is 9.78 Å². The largest absolute Gasteiger partial charge is 0.478 e. The van der Waals surface area contributed by atoms with Crippen molar-refractivity contribution in [3.8, 4) is 5.69 Å². The molecule has 1 heterocycles. The van der Waals surface area contributed by atoms with E-state index >= 15 is 0 Å². The van der Waals surface area contributed by atoms with E-state index < -0.39 is 5.97 Å². The molecule has 2 aromatic carbocycles. The SMILES string of the molecule is Cc1nc(C)n(-c2ccc(Cl)cc2)c1C(=O)N[C@@H](C)c1ccc(C(=O)O)cc1. The second-order valence-electron chi connectivity index (χ2n) is 6.53. The number of halogens is 1. The Labute approximate surface area is 167 Å². The van der Waals surface area contributed by atoms with Crippen molar-refractivity contribution in [3.63, 3.8) is 0 Å². The van der Waals surface area contributed by atoms with Gasteiger partial charge in [-0.3, -0.25) is 9.36 Å². The van der Waals surface area contributed by atoms with Crippen molar-refractivity contribution >= 4 is 23.5 Å². The van der Waals surface area contributed by atoms with Gasteiger partial charge in [-0.15, -0.1) is 0 Å². The number of benzene rings is 2. The number of rotatable bonds is 5. The van der Waals surface area contributed by atoms with Crippen LogP contribution < -0.4 is 5.32 Å². The molecule has 6 nitrogen and oxygen atoms in total. The number of hydrogen-bond donors (Lipinski definition) is 2. The lowest BCUT2D eigenvalue weighted by atomic mass is 10.1. The number of carboxylic acids is 1. The summed E-state index contributed by atoms with van der Waals surface area (Å²) in [5.74, 6) is -0.549. The molecule has 144 valence electrons. The number of aromatic nitrogens is 2. The maximum absolute atomic E-state index is 13.0. The Balaban J connectivity index is 1.88. The third-order valence-electron chi connectivity index (χ3n) is 4.52. The zero-order valence-electron chi connectivity index (χ0n) is 15.7. The van der Waals surface area contributed by atoms with E-state index in [0.717, 1.165) is 11.3 Å². The Bertz CT molecular complexity index is 1020. The number of aromatic carboxylic acids is 1. The first-order valence-electron chi connectivity index (χ1n) is 8.74. The topological polar surface area (TPSA) is 84.2 Å². The van der Waals surface area contributed by atoms with E-state index in [1.54, 1.807) is 35.8 Å². The Morgan fingerprint density at radius 1 is 1.07 bits per heavy atom. The average molecular weight is 398 g/mol. The van der Waals surface area contributed by atoms with E-state index in [0.29, 0.717) is 22.2 Å². The summed E-state index contributed by atoms with van der Waals surface area (Å²) in [6, 6.07) is 13.3. The van der Waals surface area contributed by atoms with Crippen LogP contribution in [-0.4, -0.2) is 26.5 Å². The van der Waals surface area contributed by atoms with Crippen LogP contribution in [0.1, 0.15) is 50.9 Å². The van der Waals surface area contributed by atoms with Crippen LogP contribution in [0, 0.1) is 13.8 Å². The molecule has 1 amide bonds. The second kappa shape index (κ2) is 7.86. The minimum Gasteiger partial charge on any atom is -0.478 e. The van der Waals surface area contributed by atoms with Gasteiger partial charge < -0.3 is 10.4 Å². The van der Waals surface area contributed by atoms with Gasteiger partial charge in [0.25, 0.3) is 5.91 Å². The lowest BCUT2D eigenvalue weighted by molar-refractivity contribution is 0.0696. The Kier molecular flexibility index (Phi) is 5.51. The number of carbonyl (C=O) groups is 2. The highest BCUT2D eigenvalue weighted by Gasteiger charge is 2.22. The van der Waals surface area contributed by atoms with Crippen LogP contribution in [0.3, 0.4) is 0 Å². The lowest BCUT2D eigenvalue weighted by Crippen LogP contribution is -2.29. The van der Waals surface area contributed by atoms with Crippen molar-refractivity contribution < 1.29 is 14.7 Å². The van der Waals surface area contributed by atoms with Crippen molar-refractivity contribution in [1.82, 2.24) is 14.9 Å². The molecule has 3 aromatic rings. The van der Waals surface area contributed by atoms with Crippen LogP contribution in [0.25, 0.3) is 5.69 Å². The van der Waals surface area contributed by atoms with E-state index in [1.807, 2.05) is 26.0 Å². The highest BCUT2D eigenvalue weighted by Crippen LogP contribution is 2.21. The predicted molar refractivity (Wildman–Crippen MR) is 107 cm³/mol. The summed E-state index contributed by atoms with van der Waals surface area (Å²) in [5.41, 5.74) is 2.89. The number of nitrogens with zero attached hydrogens (tertiary/aromatic N) is 2. The van der Waals surface area contributed by atoms with Crippen LogP contribution in [0.15, 0.2) is 48.5 Å². The number of hydrogen-bond acceptors (Lipinski definition) is 3. The molecule has 0 aliphatic carbocycles. The standard InChI is InChI=1S/C21H20ClN3O3/c1-12(15-4-6-16(7-5-15)21(27)28)24-20(26)19-13(2)23-14(3)25(19)18-10-8-17(22)9-11-18/h4-12H,1-3H3,(H,24,26)(H,27,28)/t12-/m0/s1. The summed E-state index contributed by atoms with van der Waals surface area (Å²) >= 11 is 5.97. The summed E-state index contributed by atoms with van der Waals surface area (Å²) in [6.07, 6.45) is 0. The van der Waals surface area contributed by atoms with Gasteiger partial charge in [0.15, 0.2) is 0 Å². The third kappa shape index (κ3) is 3.92. The summed E-state index contributed by atoms with van der Waals surface area (Å²) < 4.78 is 1.79. The molecule has 0 aliphatic rings. The summed E-state index contributed by atoms with van der Waals surface area (Å²) in [7, 11) is 0. The van der Waals surface area contributed by atoms with Crippen molar-refractivity contribution in [3.05, 3.63) is 81.9 Å². The fourth-order valence-electron chi connectivity index (χ4n) is 3.10. The number of imidazole rings is 1. The Hall–Kier alpha value is -3.12.